The Balaban J connectivity index is 1.69. The number of ether oxygens (including phenoxy) is 1. The zero-order valence-electron chi connectivity index (χ0n) is 18.8. The summed E-state index contributed by atoms with van der Waals surface area (Å²) in [4.78, 5) is 9.36. The zero-order chi connectivity index (χ0) is 23.5. The second-order valence-electron chi connectivity index (χ2n) is 8.01. The van der Waals surface area contributed by atoms with Crippen LogP contribution in [0.15, 0.2) is 89.3 Å². The summed E-state index contributed by atoms with van der Waals surface area (Å²) in [7, 11) is 0. The van der Waals surface area contributed by atoms with Crippen molar-refractivity contribution in [3.05, 3.63) is 90.5 Å². The molecule has 3 aromatic carbocycles. The summed E-state index contributed by atoms with van der Waals surface area (Å²) >= 11 is 0. The highest BCUT2D eigenvalue weighted by molar-refractivity contribution is 5.89. The van der Waals surface area contributed by atoms with Crippen LogP contribution in [0.4, 0.5) is 11.7 Å². The number of nitrogens with one attached hydrogen (secondary N) is 1. The number of nitrogens with zero attached hydrogens (tertiary/aromatic N) is 3. The van der Waals surface area contributed by atoms with Gasteiger partial charge in [0, 0.05) is 11.1 Å². The smallest absolute Gasteiger partial charge is 0.258 e. The zero-order valence-corrected chi connectivity index (χ0v) is 18.8. The van der Waals surface area contributed by atoms with Gasteiger partial charge in [0.05, 0.1) is 17.1 Å². The summed E-state index contributed by atoms with van der Waals surface area (Å²) < 4.78 is 12.2. The average Bonchev–Trinajstić information content (AvgIpc) is 3.23. The van der Waals surface area contributed by atoms with Crippen LogP contribution in [0.5, 0.6) is 5.88 Å². The second kappa shape index (κ2) is 9.08. The van der Waals surface area contributed by atoms with Gasteiger partial charge in [-0.2, -0.15) is 5.26 Å². The van der Waals surface area contributed by atoms with Gasteiger partial charge in [-0.15, -0.1) is 0 Å². The van der Waals surface area contributed by atoms with Crippen LogP contribution in [-0.2, 0) is 0 Å². The summed E-state index contributed by atoms with van der Waals surface area (Å²) in [5, 5.41) is 13.4. The fourth-order valence-corrected chi connectivity index (χ4v) is 3.78. The molecule has 166 valence electrons. The van der Waals surface area contributed by atoms with E-state index in [9.17, 15) is 5.26 Å². The van der Waals surface area contributed by atoms with E-state index in [4.69, 9.17) is 14.1 Å². The Morgan fingerprint density at radius 3 is 2.03 bits per heavy atom. The van der Waals surface area contributed by atoms with Gasteiger partial charge in [-0.25, -0.2) is 9.97 Å². The fourth-order valence-electron chi connectivity index (χ4n) is 3.78. The van der Waals surface area contributed by atoms with Gasteiger partial charge in [-0.1, -0.05) is 72.8 Å². The molecular weight excluding hydrogens is 424 g/mol. The van der Waals surface area contributed by atoms with Gasteiger partial charge in [-0.3, -0.25) is 0 Å². The van der Waals surface area contributed by atoms with Crippen molar-refractivity contribution in [1.82, 2.24) is 9.97 Å². The minimum atomic E-state index is -0.109. The number of furan rings is 1. The monoisotopic (exact) mass is 446 g/mol. The van der Waals surface area contributed by atoms with Crippen LogP contribution in [0, 0.1) is 11.3 Å². The van der Waals surface area contributed by atoms with E-state index in [1.807, 2.05) is 98.8 Å². The topological polar surface area (TPSA) is 84.0 Å². The minimum Gasteiger partial charge on any atom is -0.472 e. The van der Waals surface area contributed by atoms with E-state index in [1.54, 1.807) is 0 Å². The number of nitriles is 1. The maximum absolute atomic E-state index is 10.2. The first kappa shape index (κ1) is 21.2. The molecule has 0 aliphatic carbocycles. The molecule has 0 saturated carbocycles. The van der Waals surface area contributed by atoms with Gasteiger partial charge in [0.1, 0.15) is 17.4 Å². The standard InChI is InChI=1S/C28H22N4O2/c1-18(2)33-28-26(30-22-15-9-10-16-23(22)31-28)32-27-21(17-29)24(19-11-5-3-6-12-19)25(34-27)20-13-7-4-8-14-20/h3-16,18H,1-2H3,(H,30,32). The third-order valence-corrected chi connectivity index (χ3v) is 5.24. The molecule has 5 aromatic rings. The van der Waals surface area contributed by atoms with Crippen molar-refractivity contribution >= 4 is 22.7 Å². The predicted molar refractivity (Wildman–Crippen MR) is 133 cm³/mol. The lowest BCUT2D eigenvalue weighted by molar-refractivity contribution is 0.234. The summed E-state index contributed by atoms with van der Waals surface area (Å²) in [6.45, 7) is 3.85. The maximum Gasteiger partial charge on any atom is 0.258 e. The lowest BCUT2D eigenvalue weighted by atomic mass is 9.98. The van der Waals surface area contributed by atoms with Crippen LogP contribution in [0.25, 0.3) is 33.5 Å². The molecule has 0 amide bonds. The third-order valence-electron chi connectivity index (χ3n) is 5.24. The van der Waals surface area contributed by atoms with Crippen molar-refractivity contribution in [3.63, 3.8) is 0 Å². The molecule has 0 radical (unpaired) electrons. The summed E-state index contributed by atoms with van der Waals surface area (Å²) in [6.07, 6.45) is -0.109. The van der Waals surface area contributed by atoms with Crippen LogP contribution in [0.1, 0.15) is 19.4 Å². The molecule has 0 atom stereocenters. The number of fused-ring (bicyclic) bond motifs is 1. The number of anilines is 2. The van der Waals surface area contributed by atoms with E-state index < -0.39 is 0 Å². The second-order valence-corrected chi connectivity index (χ2v) is 8.01. The SMILES string of the molecule is CC(C)Oc1nc2ccccc2nc1Nc1oc(-c2ccccc2)c(-c2ccccc2)c1C#N. The quantitative estimate of drug-likeness (QED) is 0.303. The van der Waals surface area contributed by atoms with Crippen LogP contribution in [-0.4, -0.2) is 16.1 Å². The molecule has 1 N–H and O–H groups in total. The first-order chi connectivity index (χ1) is 16.6. The minimum absolute atomic E-state index is 0.109. The van der Waals surface area contributed by atoms with Crippen molar-refractivity contribution < 1.29 is 9.15 Å². The molecule has 0 aliphatic heterocycles. The normalized spacial score (nSPS) is 10.9. The van der Waals surface area contributed by atoms with Gasteiger partial charge in [0.25, 0.3) is 5.88 Å². The van der Waals surface area contributed by atoms with E-state index in [1.165, 1.54) is 0 Å². The van der Waals surface area contributed by atoms with Crippen molar-refractivity contribution in [2.45, 2.75) is 20.0 Å². The molecule has 0 fully saturated rings. The van der Waals surface area contributed by atoms with Gasteiger partial charge >= 0.3 is 0 Å². The molecule has 6 nitrogen and oxygen atoms in total. The highest BCUT2D eigenvalue weighted by atomic mass is 16.5. The molecule has 2 aromatic heterocycles. The number of rotatable bonds is 6. The lowest BCUT2D eigenvalue weighted by Crippen LogP contribution is -2.10. The molecule has 6 heteroatoms. The summed E-state index contributed by atoms with van der Waals surface area (Å²) in [5.74, 6) is 1.62. The van der Waals surface area contributed by atoms with Crippen LogP contribution in [0.3, 0.4) is 0 Å². The molecule has 0 aliphatic rings. The lowest BCUT2D eigenvalue weighted by Gasteiger charge is -2.13. The van der Waals surface area contributed by atoms with Crippen LogP contribution < -0.4 is 10.1 Å². The van der Waals surface area contributed by atoms with E-state index >= 15 is 0 Å². The van der Waals surface area contributed by atoms with Gasteiger partial charge in [0.15, 0.2) is 5.82 Å². The molecule has 5 rings (SSSR count). The Labute approximate surface area is 197 Å². The molecule has 0 saturated heterocycles. The van der Waals surface area contributed by atoms with Crippen molar-refractivity contribution in [3.8, 4) is 34.4 Å². The first-order valence-corrected chi connectivity index (χ1v) is 11.0. The predicted octanol–water partition coefficient (Wildman–Crippen LogP) is 6.96. The van der Waals surface area contributed by atoms with Gasteiger partial charge in [0.2, 0.25) is 5.88 Å². The number of aromatic nitrogens is 2. The third kappa shape index (κ3) is 4.07. The van der Waals surface area contributed by atoms with Crippen molar-refractivity contribution in [1.29, 1.82) is 5.26 Å². The maximum atomic E-state index is 10.2. The van der Waals surface area contributed by atoms with E-state index in [-0.39, 0.29) is 6.10 Å². The number of hydrogen-bond acceptors (Lipinski definition) is 6. The molecule has 2 heterocycles. The van der Waals surface area contributed by atoms with Crippen LogP contribution in [0.2, 0.25) is 0 Å². The number of benzene rings is 3. The molecule has 34 heavy (non-hydrogen) atoms. The van der Waals surface area contributed by atoms with Gasteiger partial charge in [-0.05, 0) is 31.5 Å². The largest absolute Gasteiger partial charge is 0.472 e. The number of hydrogen-bond donors (Lipinski definition) is 1. The molecule has 0 spiro atoms. The first-order valence-electron chi connectivity index (χ1n) is 11.0. The van der Waals surface area contributed by atoms with Gasteiger partial charge < -0.3 is 14.5 Å². The molecule has 0 bridgehead atoms. The average molecular weight is 447 g/mol. The molecular formula is C28H22N4O2. The fraction of sp³-hybridized carbons (Fsp3) is 0.107. The highest BCUT2D eigenvalue weighted by Gasteiger charge is 2.24. The van der Waals surface area contributed by atoms with E-state index in [0.29, 0.717) is 34.4 Å². The van der Waals surface area contributed by atoms with Crippen molar-refractivity contribution in [2.24, 2.45) is 0 Å². The molecule has 0 unspecified atom stereocenters. The summed E-state index contributed by atoms with van der Waals surface area (Å²) in [5.41, 5.74) is 4.29. The van der Waals surface area contributed by atoms with Crippen LogP contribution >= 0.6 is 0 Å². The highest BCUT2D eigenvalue weighted by Crippen LogP contribution is 2.42. The Morgan fingerprint density at radius 2 is 1.41 bits per heavy atom. The summed E-state index contributed by atoms with van der Waals surface area (Å²) in [6, 6.07) is 29.4. The van der Waals surface area contributed by atoms with E-state index in [0.717, 1.165) is 22.2 Å². The van der Waals surface area contributed by atoms with E-state index in [2.05, 4.69) is 16.4 Å². The number of para-hydroxylation sites is 2. The Bertz CT molecular complexity index is 1490. The Morgan fingerprint density at radius 1 is 0.824 bits per heavy atom. The van der Waals surface area contributed by atoms with Crippen molar-refractivity contribution in [2.75, 3.05) is 5.32 Å². The Hall–Kier alpha value is -4.63. The Kier molecular flexibility index (Phi) is 5.67.